The number of ether oxygens (including phenoxy) is 1. The third-order valence-corrected chi connectivity index (χ3v) is 3.32. The van der Waals surface area contributed by atoms with E-state index in [9.17, 15) is 5.11 Å². The molecule has 1 rings (SSSR count). The highest BCUT2D eigenvalue weighted by molar-refractivity contribution is 5.75. The van der Waals surface area contributed by atoms with Gasteiger partial charge in [0.2, 0.25) is 0 Å². The van der Waals surface area contributed by atoms with Gasteiger partial charge in [-0.3, -0.25) is 0 Å². The van der Waals surface area contributed by atoms with Gasteiger partial charge in [-0.1, -0.05) is 37.6 Å². The summed E-state index contributed by atoms with van der Waals surface area (Å²) >= 11 is 0. The molecule has 2 nitrogen and oxygen atoms in total. The smallest absolute Gasteiger partial charge is 0.126 e. The number of allylic oxidation sites excluding steroid dienone is 2. The molecule has 0 fully saturated rings. The Kier molecular flexibility index (Phi) is 5.37. The molecule has 0 saturated carbocycles. The topological polar surface area (TPSA) is 29.5 Å². The molecule has 0 aliphatic rings. The Bertz CT molecular complexity index is 470. The van der Waals surface area contributed by atoms with E-state index in [2.05, 4.69) is 33.4 Å². The SMILES string of the molecule is C=CCC(C)(C)/C(=C/CO)c1cc(C)ccc1OC. The molecule has 0 radical (unpaired) electrons. The van der Waals surface area contributed by atoms with Crippen LogP contribution in [0, 0.1) is 12.3 Å². The maximum atomic E-state index is 9.32. The first-order valence-corrected chi connectivity index (χ1v) is 6.53. The molecule has 0 unspecified atom stereocenters. The van der Waals surface area contributed by atoms with Gasteiger partial charge in [-0.2, -0.15) is 0 Å². The fourth-order valence-electron chi connectivity index (χ4n) is 2.35. The molecule has 0 saturated heterocycles. The maximum Gasteiger partial charge on any atom is 0.126 e. The van der Waals surface area contributed by atoms with Crippen LogP contribution in [0.4, 0.5) is 0 Å². The molecule has 104 valence electrons. The van der Waals surface area contributed by atoms with Crippen LogP contribution in [-0.4, -0.2) is 18.8 Å². The number of hydrogen-bond acceptors (Lipinski definition) is 2. The van der Waals surface area contributed by atoms with E-state index in [0.717, 1.165) is 23.3 Å². The zero-order valence-corrected chi connectivity index (χ0v) is 12.4. The molecular formula is C17H24O2. The fourth-order valence-corrected chi connectivity index (χ4v) is 2.35. The van der Waals surface area contributed by atoms with Gasteiger partial charge in [-0.25, -0.2) is 0 Å². The van der Waals surface area contributed by atoms with Gasteiger partial charge in [0.1, 0.15) is 5.75 Å². The molecule has 19 heavy (non-hydrogen) atoms. The lowest BCUT2D eigenvalue weighted by Gasteiger charge is -2.28. The van der Waals surface area contributed by atoms with E-state index in [4.69, 9.17) is 4.74 Å². The van der Waals surface area contributed by atoms with Gasteiger partial charge in [0.15, 0.2) is 0 Å². The lowest BCUT2D eigenvalue weighted by atomic mass is 9.77. The Morgan fingerprint density at radius 2 is 2.11 bits per heavy atom. The Hall–Kier alpha value is -1.54. The zero-order valence-electron chi connectivity index (χ0n) is 12.4. The van der Waals surface area contributed by atoms with E-state index >= 15 is 0 Å². The van der Waals surface area contributed by atoms with Crippen molar-refractivity contribution in [1.82, 2.24) is 0 Å². The van der Waals surface area contributed by atoms with Crippen molar-refractivity contribution in [2.75, 3.05) is 13.7 Å². The summed E-state index contributed by atoms with van der Waals surface area (Å²) in [6, 6.07) is 6.10. The largest absolute Gasteiger partial charge is 0.496 e. The normalized spacial score (nSPS) is 12.4. The number of aliphatic hydroxyl groups excluding tert-OH is 1. The Morgan fingerprint density at radius 3 is 2.63 bits per heavy atom. The molecule has 0 aliphatic heterocycles. The van der Waals surface area contributed by atoms with Crippen molar-refractivity contribution in [1.29, 1.82) is 0 Å². The summed E-state index contributed by atoms with van der Waals surface area (Å²) in [4.78, 5) is 0. The van der Waals surface area contributed by atoms with Crippen molar-refractivity contribution in [3.8, 4) is 5.75 Å². The van der Waals surface area contributed by atoms with Crippen molar-refractivity contribution in [2.24, 2.45) is 5.41 Å². The fraction of sp³-hybridized carbons (Fsp3) is 0.412. The molecule has 0 amide bonds. The minimum absolute atomic E-state index is 0.0208. The van der Waals surface area contributed by atoms with E-state index in [0.29, 0.717) is 0 Å². The quantitative estimate of drug-likeness (QED) is 0.784. The second-order valence-corrected chi connectivity index (χ2v) is 5.38. The summed E-state index contributed by atoms with van der Waals surface area (Å²) in [7, 11) is 1.67. The number of rotatable bonds is 6. The molecule has 0 heterocycles. The minimum atomic E-state index is -0.0917. The number of benzene rings is 1. The number of aryl methyl sites for hydroxylation is 1. The second-order valence-electron chi connectivity index (χ2n) is 5.38. The molecule has 1 N–H and O–H groups in total. The average Bonchev–Trinajstić information content (AvgIpc) is 2.35. The summed E-state index contributed by atoms with van der Waals surface area (Å²) in [5.41, 5.74) is 3.22. The number of aliphatic hydroxyl groups is 1. The highest BCUT2D eigenvalue weighted by Gasteiger charge is 2.25. The lowest BCUT2D eigenvalue weighted by Crippen LogP contribution is -2.14. The maximum absolute atomic E-state index is 9.32. The third kappa shape index (κ3) is 3.71. The minimum Gasteiger partial charge on any atom is -0.496 e. The predicted octanol–water partition coefficient (Wildman–Crippen LogP) is 3.98. The van der Waals surface area contributed by atoms with Crippen LogP contribution in [0.3, 0.4) is 0 Å². The van der Waals surface area contributed by atoms with Crippen LogP contribution in [-0.2, 0) is 0 Å². The van der Waals surface area contributed by atoms with Gasteiger partial charge in [0.25, 0.3) is 0 Å². The summed E-state index contributed by atoms with van der Waals surface area (Å²) in [5, 5.41) is 9.32. The van der Waals surface area contributed by atoms with Crippen LogP contribution in [0.5, 0.6) is 5.75 Å². The van der Waals surface area contributed by atoms with Crippen molar-refractivity contribution in [2.45, 2.75) is 27.2 Å². The van der Waals surface area contributed by atoms with Crippen molar-refractivity contribution < 1.29 is 9.84 Å². The third-order valence-electron chi connectivity index (χ3n) is 3.32. The highest BCUT2D eigenvalue weighted by atomic mass is 16.5. The van der Waals surface area contributed by atoms with Gasteiger partial charge in [-0.15, -0.1) is 6.58 Å². The molecule has 0 spiro atoms. The highest BCUT2D eigenvalue weighted by Crippen LogP contribution is 2.41. The first kappa shape index (κ1) is 15.5. The van der Waals surface area contributed by atoms with Crippen molar-refractivity contribution in [3.63, 3.8) is 0 Å². The Morgan fingerprint density at radius 1 is 1.42 bits per heavy atom. The molecule has 2 heteroatoms. The molecule has 1 aromatic carbocycles. The van der Waals surface area contributed by atoms with E-state index in [1.54, 1.807) is 7.11 Å². The van der Waals surface area contributed by atoms with E-state index in [1.807, 2.05) is 24.3 Å². The van der Waals surface area contributed by atoms with Crippen LogP contribution in [0.25, 0.3) is 5.57 Å². The second kappa shape index (κ2) is 6.58. The molecule has 0 aromatic heterocycles. The summed E-state index contributed by atoms with van der Waals surface area (Å²) < 4.78 is 5.45. The van der Waals surface area contributed by atoms with Gasteiger partial charge in [0, 0.05) is 5.56 Å². The van der Waals surface area contributed by atoms with Crippen LogP contribution >= 0.6 is 0 Å². The lowest BCUT2D eigenvalue weighted by molar-refractivity contribution is 0.341. The Balaban J connectivity index is 3.39. The van der Waals surface area contributed by atoms with Gasteiger partial charge < -0.3 is 9.84 Å². The molecule has 0 aliphatic carbocycles. The first-order chi connectivity index (χ1) is 8.96. The Labute approximate surface area is 116 Å². The average molecular weight is 260 g/mol. The van der Waals surface area contributed by atoms with E-state index < -0.39 is 0 Å². The molecule has 1 aromatic rings. The number of methoxy groups -OCH3 is 1. The van der Waals surface area contributed by atoms with Gasteiger partial charge in [-0.05, 0) is 36.5 Å². The van der Waals surface area contributed by atoms with Crippen LogP contribution < -0.4 is 4.74 Å². The monoisotopic (exact) mass is 260 g/mol. The molecule has 0 atom stereocenters. The van der Waals surface area contributed by atoms with Gasteiger partial charge >= 0.3 is 0 Å². The molecular weight excluding hydrogens is 236 g/mol. The van der Waals surface area contributed by atoms with Gasteiger partial charge in [0.05, 0.1) is 13.7 Å². The first-order valence-electron chi connectivity index (χ1n) is 6.53. The zero-order chi connectivity index (χ0) is 14.5. The van der Waals surface area contributed by atoms with Crippen molar-refractivity contribution >= 4 is 5.57 Å². The summed E-state index contributed by atoms with van der Waals surface area (Å²) in [6.07, 6.45) is 4.62. The van der Waals surface area contributed by atoms with Crippen LogP contribution in [0.15, 0.2) is 36.9 Å². The standard InChI is InChI=1S/C17H24O2/c1-6-10-17(3,4)15(9-11-18)14-12-13(2)7-8-16(14)19-5/h6-9,12,18H,1,10-11H2,2-5H3/b15-9+. The molecule has 0 bridgehead atoms. The van der Waals surface area contributed by atoms with E-state index in [-0.39, 0.29) is 12.0 Å². The van der Waals surface area contributed by atoms with E-state index in [1.165, 1.54) is 5.56 Å². The van der Waals surface area contributed by atoms with Crippen LogP contribution in [0.1, 0.15) is 31.4 Å². The summed E-state index contributed by atoms with van der Waals surface area (Å²) in [5.74, 6) is 0.836. The number of hydrogen-bond donors (Lipinski definition) is 1. The van der Waals surface area contributed by atoms with Crippen LogP contribution in [0.2, 0.25) is 0 Å². The van der Waals surface area contributed by atoms with Crippen molar-refractivity contribution in [3.05, 3.63) is 48.1 Å². The predicted molar refractivity (Wildman–Crippen MR) is 81.4 cm³/mol. The summed E-state index contributed by atoms with van der Waals surface area (Å²) in [6.45, 7) is 10.2.